The molecule has 0 unspecified atom stereocenters. The van der Waals surface area contributed by atoms with Crippen molar-refractivity contribution < 1.29 is 13.2 Å². The molecule has 100 valence electrons. The third-order valence-corrected chi connectivity index (χ3v) is 3.52. The Bertz CT molecular complexity index is 364. The number of hydrogen-bond donors (Lipinski definition) is 1. The Hall–Kier alpha value is -1.03. The molecule has 0 aromatic heterocycles. The molecule has 1 nitrogen and oxygen atoms in total. The first kappa shape index (κ1) is 13.4. The first-order valence-electron chi connectivity index (χ1n) is 6.42. The van der Waals surface area contributed by atoms with Gasteiger partial charge in [-0.3, -0.25) is 0 Å². The van der Waals surface area contributed by atoms with Crippen LogP contribution in [0.4, 0.5) is 13.2 Å². The summed E-state index contributed by atoms with van der Waals surface area (Å²) in [5.41, 5.74) is 0.322. The quantitative estimate of drug-likeness (QED) is 0.860. The maximum Gasteiger partial charge on any atom is 0.416 e. The minimum atomic E-state index is -4.24. The van der Waals surface area contributed by atoms with Crippen LogP contribution in [0.15, 0.2) is 24.3 Å². The van der Waals surface area contributed by atoms with Gasteiger partial charge in [-0.25, -0.2) is 0 Å². The second-order valence-corrected chi connectivity index (χ2v) is 4.98. The molecule has 18 heavy (non-hydrogen) atoms. The van der Waals surface area contributed by atoms with Crippen molar-refractivity contribution in [2.45, 2.75) is 38.4 Å². The van der Waals surface area contributed by atoms with Crippen molar-refractivity contribution in [3.8, 4) is 0 Å². The molecule has 1 fully saturated rings. The summed E-state index contributed by atoms with van der Waals surface area (Å²) < 4.78 is 37.1. The highest BCUT2D eigenvalue weighted by atomic mass is 19.4. The average Bonchev–Trinajstić information content (AvgIpc) is 2.82. The topological polar surface area (TPSA) is 12.0 Å². The Morgan fingerprint density at radius 2 is 1.67 bits per heavy atom. The monoisotopic (exact) mass is 257 g/mol. The van der Waals surface area contributed by atoms with E-state index in [1.165, 1.54) is 25.7 Å². The third kappa shape index (κ3) is 3.73. The molecule has 0 heterocycles. The molecule has 0 amide bonds. The first-order valence-corrected chi connectivity index (χ1v) is 6.42. The van der Waals surface area contributed by atoms with E-state index in [2.05, 4.69) is 5.32 Å². The lowest BCUT2D eigenvalue weighted by molar-refractivity contribution is -0.137. The number of hydrogen-bond acceptors (Lipinski definition) is 1. The summed E-state index contributed by atoms with van der Waals surface area (Å²) in [5.74, 6) is 0.749. The summed E-state index contributed by atoms with van der Waals surface area (Å²) in [6.07, 6.45) is 0.940. The lowest BCUT2D eigenvalue weighted by Crippen LogP contribution is -2.20. The van der Waals surface area contributed by atoms with Crippen LogP contribution in [0.2, 0.25) is 0 Å². The zero-order valence-corrected chi connectivity index (χ0v) is 10.3. The predicted octanol–water partition coefficient (Wildman–Crippen LogP) is 3.99. The molecular weight excluding hydrogens is 239 g/mol. The van der Waals surface area contributed by atoms with E-state index in [1.807, 2.05) is 0 Å². The van der Waals surface area contributed by atoms with Gasteiger partial charge in [-0.05, 0) is 43.0 Å². The zero-order chi connectivity index (χ0) is 13.0. The lowest BCUT2D eigenvalue weighted by atomic mass is 10.1. The maximum absolute atomic E-state index is 12.4. The van der Waals surface area contributed by atoms with Gasteiger partial charge in [-0.1, -0.05) is 25.0 Å². The summed E-state index contributed by atoms with van der Waals surface area (Å²) in [6.45, 7) is 1.62. The lowest BCUT2D eigenvalue weighted by Gasteiger charge is -2.11. The van der Waals surface area contributed by atoms with Gasteiger partial charge in [0, 0.05) is 6.54 Å². The molecule has 0 saturated heterocycles. The number of halogens is 3. The van der Waals surface area contributed by atoms with E-state index < -0.39 is 11.7 Å². The minimum absolute atomic E-state index is 0.581. The van der Waals surface area contributed by atoms with Crippen molar-refractivity contribution in [3.05, 3.63) is 35.4 Å². The van der Waals surface area contributed by atoms with E-state index >= 15 is 0 Å². The van der Waals surface area contributed by atoms with E-state index in [0.717, 1.165) is 30.2 Å². The fourth-order valence-corrected chi connectivity index (χ4v) is 2.45. The summed E-state index contributed by atoms with van der Waals surface area (Å²) >= 11 is 0. The van der Waals surface area contributed by atoms with Crippen molar-refractivity contribution in [3.63, 3.8) is 0 Å². The van der Waals surface area contributed by atoms with Crippen molar-refractivity contribution in [2.75, 3.05) is 6.54 Å². The third-order valence-electron chi connectivity index (χ3n) is 3.52. The highest BCUT2D eigenvalue weighted by Gasteiger charge is 2.29. The van der Waals surface area contributed by atoms with Gasteiger partial charge in [-0.2, -0.15) is 13.2 Å². The van der Waals surface area contributed by atoms with Crippen molar-refractivity contribution in [1.29, 1.82) is 0 Å². The minimum Gasteiger partial charge on any atom is -0.312 e. The second-order valence-electron chi connectivity index (χ2n) is 4.98. The van der Waals surface area contributed by atoms with Crippen molar-refractivity contribution in [1.82, 2.24) is 5.32 Å². The molecule has 1 N–H and O–H groups in total. The molecular formula is C14H18F3N. The molecule has 0 spiro atoms. The maximum atomic E-state index is 12.4. The molecule has 0 bridgehead atoms. The molecule has 4 heteroatoms. The summed E-state index contributed by atoms with van der Waals surface area (Å²) in [6, 6.07) is 5.38. The van der Waals surface area contributed by atoms with Crippen LogP contribution in [-0.4, -0.2) is 6.54 Å². The highest BCUT2D eigenvalue weighted by Crippen LogP contribution is 2.29. The molecule has 2 rings (SSSR count). The Balaban J connectivity index is 1.79. The van der Waals surface area contributed by atoms with Gasteiger partial charge in [0.25, 0.3) is 0 Å². The molecule has 1 aromatic rings. The van der Waals surface area contributed by atoms with Crippen LogP contribution in [0.25, 0.3) is 0 Å². The molecule has 0 aliphatic heterocycles. The van der Waals surface area contributed by atoms with Gasteiger partial charge in [0.05, 0.1) is 5.56 Å². The van der Waals surface area contributed by atoms with Crippen LogP contribution in [0.1, 0.15) is 36.8 Å². The van der Waals surface area contributed by atoms with E-state index in [9.17, 15) is 13.2 Å². The van der Waals surface area contributed by atoms with E-state index in [0.29, 0.717) is 6.54 Å². The SMILES string of the molecule is FC(F)(F)c1ccc(CNCC2CCCC2)cc1. The Morgan fingerprint density at radius 1 is 1.06 bits per heavy atom. The van der Waals surface area contributed by atoms with Gasteiger partial charge < -0.3 is 5.32 Å². The number of rotatable bonds is 4. The Labute approximate surface area is 105 Å². The van der Waals surface area contributed by atoms with Gasteiger partial charge in [-0.15, -0.1) is 0 Å². The molecule has 1 saturated carbocycles. The van der Waals surface area contributed by atoms with Crippen molar-refractivity contribution >= 4 is 0 Å². The second kappa shape index (κ2) is 5.74. The van der Waals surface area contributed by atoms with Crippen LogP contribution in [0, 0.1) is 5.92 Å². The zero-order valence-electron chi connectivity index (χ0n) is 10.3. The summed E-state index contributed by atoms with van der Waals surface area (Å²) in [7, 11) is 0. The van der Waals surface area contributed by atoms with Crippen LogP contribution in [0.3, 0.4) is 0 Å². The van der Waals surface area contributed by atoms with Gasteiger partial charge in [0.2, 0.25) is 0 Å². The number of benzene rings is 1. The Kier molecular flexibility index (Phi) is 4.27. The standard InChI is InChI=1S/C14H18F3N/c15-14(16,17)13-7-5-12(6-8-13)10-18-9-11-3-1-2-4-11/h5-8,11,18H,1-4,9-10H2. The largest absolute Gasteiger partial charge is 0.416 e. The highest BCUT2D eigenvalue weighted by molar-refractivity contribution is 5.24. The molecule has 0 atom stereocenters. The van der Waals surface area contributed by atoms with Crippen LogP contribution in [-0.2, 0) is 12.7 Å². The van der Waals surface area contributed by atoms with E-state index in [-0.39, 0.29) is 0 Å². The summed E-state index contributed by atoms with van der Waals surface area (Å²) in [5, 5.41) is 3.32. The molecule has 1 aliphatic rings. The normalized spacial score (nSPS) is 17.3. The fraction of sp³-hybridized carbons (Fsp3) is 0.571. The fourth-order valence-electron chi connectivity index (χ4n) is 2.45. The van der Waals surface area contributed by atoms with Crippen LogP contribution >= 0.6 is 0 Å². The smallest absolute Gasteiger partial charge is 0.312 e. The summed E-state index contributed by atoms with van der Waals surface area (Å²) in [4.78, 5) is 0. The van der Waals surface area contributed by atoms with Crippen LogP contribution < -0.4 is 5.32 Å². The Morgan fingerprint density at radius 3 is 2.22 bits per heavy atom. The number of alkyl halides is 3. The van der Waals surface area contributed by atoms with Crippen LogP contribution in [0.5, 0.6) is 0 Å². The number of nitrogens with one attached hydrogen (secondary N) is 1. The molecule has 1 aromatic carbocycles. The predicted molar refractivity (Wildman–Crippen MR) is 65.1 cm³/mol. The molecule has 1 aliphatic carbocycles. The first-order chi connectivity index (χ1) is 8.55. The van der Waals surface area contributed by atoms with Crippen molar-refractivity contribution in [2.24, 2.45) is 5.92 Å². The molecule has 0 radical (unpaired) electrons. The van der Waals surface area contributed by atoms with E-state index in [1.54, 1.807) is 12.1 Å². The van der Waals surface area contributed by atoms with Gasteiger partial charge in [0.15, 0.2) is 0 Å². The van der Waals surface area contributed by atoms with Gasteiger partial charge in [0.1, 0.15) is 0 Å². The van der Waals surface area contributed by atoms with Gasteiger partial charge >= 0.3 is 6.18 Å². The average molecular weight is 257 g/mol. The van der Waals surface area contributed by atoms with E-state index in [4.69, 9.17) is 0 Å².